The Bertz CT molecular complexity index is 430. The number of aromatic nitrogens is 4. The molecule has 0 bridgehead atoms. The van der Waals surface area contributed by atoms with Gasteiger partial charge in [-0.25, -0.2) is 0 Å². The van der Waals surface area contributed by atoms with Crippen molar-refractivity contribution in [2.45, 2.75) is 6.42 Å². The first kappa shape index (κ1) is 10.4. The van der Waals surface area contributed by atoms with Crippen LogP contribution in [0, 0.1) is 0 Å². The summed E-state index contributed by atoms with van der Waals surface area (Å²) < 4.78 is 10.7. The third-order valence-corrected chi connectivity index (χ3v) is 2.04. The molecule has 0 radical (unpaired) electrons. The van der Waals surface area contributed by atoms with E-state index in [1.54, 1.807) is 7.11 Å². The highest BCUT2D eigenvalue weighted by Crippen LogP contribution is 2.25. The zero-order valence-electron chi connectivity index (χ0n) is 8.88. The number of ether oxygens (including phenoxy) is 2. The summed E-state index contributed by atoms with van der Waals surface area (Å²) >= 11 is 0. The zero-order valence-corrected chi connectivity index (χ0v) is 8.88. The summed E-state index contributed by atoms with van der Waals surface area (Å²) in [6.45, 7) is 0.486. The number of rotatable bonds is 5. The van der Waals surface area contributed by atoms with Gasteiger partial charge in [0.2, 0.25) is 0 Å². The Morgan fingerprint density at radius 2 is 2.06 bits per heavy atom. The molecule has 0 atom stereocenters. The van der Waals surface area contributed by atoms with Crippen LogP contribution in [0.3, 0.4) is 0 Å². The summed E-state index contributed by atoms with van der Waals surface area (Å²) in [5, 5.41) is 13.5. The molecule has 6 nitrogen and oxygen atoms in total. The van der Waals surface area contributed by atoms with E-state index in [1.165, 1.54) is 0 Å². The van der Waals surface area contributed by atoms with Crippen LogP contribution in [0.1, 0.15) is 5.82 Å². The van der Waals surface area contributed by atoms with E-state index in [9.17, 15) is 0 Å². The van der Waals surface area contributed by atoms with E-state index in [0.29, 0.717) is 24.6 Å². The molecular weight excluding hydrogens is 208 g/mol. The number of benzene rings is 1. The van der Waals surface area contributed by atoms with Crippen molar-refractivity contribution in [1.29, 1.82) is 0 Å². The van der Waals surface area contributed by atoms with Gasteiger partial charge in [-0.15, -0.1) is 10.2 Å². The average Bonchev–Trinajstić information content (AvgIpc) is 2.83. The minimum atomic E-state index is 0.486. The SMILES string of the molecule is COc1ccccc1OCCc1nn[nH]n1. The van der Waals surface area contributed by atoms with Crippen LogP contribution < -0.4 is 9.47 Å². The Morgan fingerprint density at radius 1 is 1.25 bits per heavy atom. The van der Waals surface area contributed by atoms with Gasteiger partial charge in [0, 0.05) is 6.42 Å². The number of tetrazole rings is 1. The number of hydrogen-bond acceptors (Lipinski definition) is 5. The van der Waals surface area contributed by atoms with Crippen molar-refractivity contribution >= 4 is 0 Å². The highest BCUT2D eigenvalue weighted by Gasteiger charge is 2.03. The van der Waals surface area contributed by atoms with Gasteiger partial charge in [0.15, 0.2) is 17.3 Å². The van der Waals surface area contributed by atoms with E-state index in [0.717, 1.165) is 5.75 Å². The molecule has 0 aliphatic rings. The van der Waals surface area contributed by atoms with Gasteiger partial charge in [-0.2, -0.15) is 5.21 Å². The van der Waals surface area contributed by atoms with Crippen LogP contribution in [-0.2, 0) is 6.42 Å². The Hall–Kier alpha value is -2.11. The molecule has 1 N–H and O–H groups in total. The number of methoxy groups -OCH3 is 1. The van der Waals surface area contributed by atoms with Crippen molar-refractivity contribution in [2.75, 3.05) is 13.7 Å². The smallest absolute Gasteiger partial charge is 0.177 e. The normalized spacial score (nSPS) is 10.1. The first-order valence-corrected chi connectivity index (χ1v) is 4.88. The van der Waals surface area contributed by atoms with E-state index in [-0.39, 0.29) is 0 Å². The van der Waals surface area contributed by atoms with Crippen molar-refractivity contribution in [3.63, 3.8) is 0 Å². The molecule has 0 amide bonds. The van der Waals surface area contributed by atoms with Crippen molar-refractivity contribution in [3.05, 3.63) is 30.1 Å². The third kappa shape index (κ3) is 2.47. The van der Waals surface area contributed by atoms with Crippen molar-refractivity contribution in [3.8, 4) is 11.5 Å². The van der Waals surface area contributed by atoms with Crippen LogP contribution in [0.4, 0.5) is 0 Å². The first-order chi connectivity index (χ1) is 7.90. The summed E-state index contributed by atoms with van der Waals surface area (Å²) in [6, 6.07) is 7.50. The minimum absolute atomic E-state index is 0.486. The van der Waals surface area contributed by atoms with E-state index in [2.05, 4.69) is 20.6 Å². The van der Waals surface area contributed by atoms with Gasteiger partial charge < -0.3 is 9.47 Å². The lowest BCUT2D eigenvalue weighted by Crippen LogP contribution is -2.03. The molecule has 0 spiro atoms. The average molecular weight is 220 g/mol. The molecule has 0 aliphatic carbocycles. The largest absolute Gasteiger partial charge is 0.493 e. The highest BCUT2D eigenvalue weighted by atomic mass is 16.5. The Balaban J connectivity index is 1.89. The van der Waals surface area contributed by atoms with E-state index < -0.39 is 0 Å². The molecular formula is C10H12N4O2. The van der Waals surface area contributed by atoms with Gasteiger partial charge in [-0.1, -0.05) is 17.3 Å². The fourth-order valence-electron chi connectivity index (χ4n) is 1.28. The van der Waals surface area contributed by atoms with Gasteiger partial charge in [0.25, 0.3) is 0 Å². The summed E-state index contributed by atoms with van der Waals surface area (Å²) in [6.07, 6.45) is 0.606. The molecule has 84 valence electrons. The molecule has 0 saturated carbocycles. The van der Waals surface area contributed by atoms with Crippen LogP contribution in [0.5, 0.6) is 11.5 Å². The summed E-state index contributed by atoms with van der Waals surface area (Å²) in [5.41, 5.74) is 0. The monoisotopic (exact) mass is 220 g/mol. The number of hydrogen-bond donors (Lipinski definition) is 1. The first-order valence-electron chi connectivity index (χ1n) is 4.88. The Labute approximate surface area is 92.6 Å². The summed E-state index contributed by atoms with van der Waals surface area (Å²) in [5.74, 6) is 2.07. The Kier molecular flexibility index (Phi) is 3.32. The molecule has 0 fully saturated rings. The van der Waals surface area contributed by atoms with Gasteiger partial charge in [-0.3, -0.25) is 0 Å². The predicted octanol–water partition coefficient (Wildman–Crippen LogP) is 0.830. The second-order valence-corrected chi connectivity index (χ2v) is 3.08. The van der Waals surface area contributed by atoms with Crippen LogP contribution in [0.15, 0.2) is 24.3 Å². The van der Waals surface area contributed by atoms with Gasteiger partial charge in [0.1, 0.15) is 0 Å². The second-order valence-electron chi connectivity index (χ2n) is 3.08. The van der Waals surface area contributed by atoms with Crippen LogP contribution in [0.25, 0.3) is 0 Å². The van der Waals surface area contributed by atoms with E-state index >= 15 is 0 Å². The molecule has 0 saturated heterocycles. The van der Waals surface area contributed by atoms with Gasteiger partial charge >= 0.3 is 0 Å². The summed E-state index contributed by atoms with van der Waals surface area (Å²) in [7, 11) is 1.61. The van der Waals surface area contributed by atoms with Crippen LogP contribution >= 0.6 is 0 Å². The predicted molar refractivity (Wildman–Crippen MR) is 56.4 cm³/mol. The number of para-hydroxylation sites is 2. The number of nitrogens with zero attached hydrogens (tertiary/aromatic N) is 3. The molecule has 2 aromatic rings. The molecule has 0 aliphatic heterocycles. The molecule has 2 rings (SSSR count). The fraction of sp³-hybridized carbons (Fsp3) is 0.300. The standard InChI is InChI=1S/C10H12N4O2/c1-15-8-4-2-3-5-9(8)16-7-6-10-11-13-14-12-10/h2-5H,6-7H2,1H3,(H,11,12,13,14). The fourth-order valence-corrected chi connectivity index (χ4v) is 1.28. The quantitative estimate of drug-likeness (QED) is 0.807. The van der Waals surface area contributed by atoms with E-state index in [1.807, 2.05) is 24.3 Å². The molecule has 6 heteroatoms. The van der Waals surface area contributed by atoms with Gasteiger partial charge in [-0.05, 0) is 12.1 Å². The summed E-state index contributed by atoms with van der Waals surface area (Å²) in [4.78, 5) is 0. The third-order valence-electron chi connectivity index (χ3n) is 2.04. The minimum Gasteiger partial charge on any atom is -0.493 e. The lowest BCUT2D eigenvalue weighted by atomic mass is 10.3. The maximum atomic E-state index is 5.55. The molecule has 1 aromatic heterocycles. The lowest BCUT2D eigenvalue weighted by molar-refractivity contribution is 0.295. The second kappa shape index (κ2) is 5.11. The Morgan fingerprint density at radius 3 is 2.75 bits per heavy atom. The highest BCUT2D eigenvalue weighted by molar-refractivity contribution is 5.39. The number of aromatic amines is 1. The molecule has 1 heterocycles. The lowest BCUT2D eigenvalue weighted by Gasteiger charge is -2.08. The maximum absolute atomic E-state index is 5.55. The van der Waals surface area contributed by atoms with Crippen LogP contribution in [0.2, 0.25) is 0 Å². The molecule has 0 unspecified atom stereocenters. The molecule has 16 heavy (non-hydrogen) atoms. The van der Waals surface area contributed by atoms with E-state index in [4.69, 9.17) is 9.47 Å². The molecule has 1 aromatic carbocycles. The topological polar surface area (TPSA) is 72.9 Å². The van der Waals surface area contributed by atoms with Crippen molar-refractivity contribution < 1.29 is 9.47 Å². The maximum Gasteiger partial charge on any atom is 0.177 e. The number of nitrogens with one attached hydrogen (secondary N) is 1. The van der Waals surface area contributed by atoms with Crippen molar-refractivity contribution in [2.24, 2.45) is 0 Å². The van der Waals surface area contributed by atoms with Gasteiger partial charge in [0.05, 0.1) is 13.7 Å². The number of H-pyrrole nitrogens is 1. The zero-order chi connectivity index (χ0) is 11.2. The van der Waals surface area contributed by atoms with Crippen molar-refractivity contribution in [1.82, 2.24) is 20.6 Å². The van der Waals surface area contributed by atoms with Crippen LogP contribution in [-0.4, -0.2) is 34.3 Å².